The van der Waals surface area contributed by atoms with Crippen LogP contribution in [0.3, 0.4) is 0 Å². The Bertz CT molecular complexity index is 802. The van der Waals surface area contributed by atoms with E-state index in [9.17, 15) is 9.59 Å². The maximum absolute atomic E-state index is 12.3. The molecule has 0 aliphatic carbocycles. The predicted octanol–water partition coefficient (Wildman–Crippen LogP) is 3.15. The fourth-order valence-electron chi connectivity index (χ4n) is 2.91. The number of carbonyl (C=O) groups excluding carboxylic acids is 2. The third-order valence-electron chi connectivity index (χ3n) is 4.32. The number of amides is 3. The summed E-state index contributed by atoms with van der Waals surface area (Å²) in [5, 5.41) is 7.79. The highest BCUT2D eigenvalue weighted by Gasteiger charge is 2.23. The second-order valence-corrected chi connectivity index (χ2v) is 7.29. The third kappa shape index (κ3) is 5.88. The van der Waals surface area contributed by atoms with E-state index in [1.165, 1.54) is 4.90 Å². The van der Waals surface area contributed by atoms with Crippen molar-refractivity contribution in [3.8, 4) is 5.75 Å². The van der Waals surface area contributed by atoms with Gasteiger partial charge in [-0.2, -0.15) is 0 Å². The number of fused-ring (bicyclic) bond motifs is 1. The van der Waals surface area contributed by atoms with E-state index in [0.29, 0.717) is 18.9 Å². The van der Waals surface area contributed by atoms with E-state index in [-0.39, 0.29) is 11.9 Å². The first-order valence-electron chi connectivity index (χ1n) is 9.12. The van der Waals surface area contributed by atoms with E-state index in [2.05, 4.69) is 10.6 Å². The van der Waals surface area contributed by atoms with Crippen LogP contribution in [0.25, 0.3) is 10.8 Å². The van der Waals surface area contributed by atoms with Crippen LogP contribution in [0.15, 0.2) is 36.4 Å². The molecule has 27 heavy (non-hydrogen) atoms. The van der Waals surface area contributed by atoms with Gasteiger partial charge in [0.05, 0.1) is 7.11 Å². The first-order chi connectivity index (χ1) is 12.8. The van der Waals surface area contributed by atoms with Crippen molar-refractivity contribution in [1.29, 1.82) is 0 Å². The summed E-state index contributed by atoms with van der Waals surface area (Å²) in [6.45, 7) is 4.44. The van der Waals surface area contributed by atoms with Crippen LogP contribution in [0.2, 0.25) is 0 Å². The van der Waals surface area contributed by atoms with E-state index < -0.39 is 6.04 Å². The van der Waals surface area contributed by atoms with Gasteiger partial charge in [-0.15, -0.1) is 0 Å². The van der Waals surface area contributed by atoms with Crippen molar-refractivity contribution in [1.82, 2.24) is 15.5 Å². The zero-order valence-electron chi connectivity index (χ0n) is 16.7. The van der Waals surface area contributed by atoms with Crippen LogP contribution >= 0.6 is 0 Å². The molecule has 2 N–H and O–H groups in total. The Morgan fingerprint density at radius 3 is 2.37 bits per heavy atom. The number of hydrogen-bond acceptors (Lipinski definition) is 3. The van der Waals surface area contributed by atoms with E-state index in [4.69, 9.17) is 4.74 Å². The first kappa shape index (κ1) is 20.6. The molecule has 0 unspecified atom stereocenters. The van der Waals surface area contributed by atoms with E-state index in [0.717, 1.165) is 22.1 Å². The highest BCUT2D eigenvalue weighted by Crippen LogP contribution is 2.21. The maximum atomic E-state index is 12.3. The summed E-state index contributed by atoms with van der Waals surface area (Å²) in [5.41, 5.74) is 0.988. The fraction of sp³-hybridized carbons (Fsp3) is 0.429. The average Bonchev–Trinajstić information content (AvgIpc) is 2.64. The monoisotopic (exact) mass is 371 g/mol. The zero-order chi connectivity index (χ0) is 20.0. The topological polar surface area (TPSA) is 70.7 Å². The van der Waals surface area contributed by atoms with Crippen molar-refractivity contribution in [2.24, 2.45) is 5.92 Å². The van der Waals surface area contributed by atoms with Gasteiger partial charge in [0.1, 0.15) is 11.8 Å². The molecular formula is C21H29N3O3. The number of carbonyl (C=O) groups is 2. The Hall–Kier alpha value is -2.76. The number of rotatable bonds is 7. The van der Waals surface area contributed by atoms with Crippen LogP contribution in [0.4, 0.5) is 4.79 Å². The van der Waals surface area contributed by atoms with Crippen molar-refractivity contribution >= 4 is 22.7 Å². The molecule has 0 radical (unpaired) electrons. The predicted molar refractivity (Wildman–Crippen MR) is 108 cm³/mol. The first-order valence-corrected chi connectivity index (χ1v) is 9.12. The van der Waals surface area contributed by atoms with Gasteiger partial charge in [-0.05, 0) is 46.9 Å². The molecule has 0 heterocycles. The van der Waals surface area contributed by atoms with Gasteiger partial charge >= 0.3 is 6.03 Å². The number of urea groups is 1. The van der Waals surface area contributed by atoms with Gasteiger partial charge in [0.25, 0.3) is 0 Å². The van der Waals surface area contributed by atoms with Gasteiger partial charge in [-0.3, -0.25) is 4.79 Å². The van der Waals surface area contributed by atoms with Crippen LogP contribution in [0.5, 0.6) is 5.75 Å². The number of likely N-dealkylation sites (N-methyl/N-ethyl adjacent to an activating group) is 1. The second-order valence-electron chi connectivity index (χ2n) is 7.29. The SMILES string of the molecule is COc1ccc2cc(CNC(=O)N[C@H](CC(C)C)C(=O)N(C)C)ccc2c1. The summed E-state index contributed by atoms with van der Waals surface area (Å²) in [6.07, 6.45) is 0.599. The van der Waals surface area contributed by atoms with Gasteiger partial charge in [-0.1, -0.05) is 32.0 Å². The van der Waals surface area contributed by atoms with Crippen molar-refractivity contribution in [3.63, 3.8) is 0 Å². The highest BCUT2D eigenvalue weighted by atomic mass is 16.5. The third-order valence-corrected chi connectivity index (χ3v) is 4.32. The number of nitrogens with one attached hydrogen (secondary N) is 2. The number of hydrogen-bond donors (Lipinski definition) is 2. The number of benzene rings is 2. The summed E-state index contributed by atoms with van der Waals surface area (Å²) >= 11 is 0. The molecule has 0 fully saturated rings. The largest absolute Gasteiger partial charge is 0.497 e. The molecule has 0 aliphatic heterocycles. The number of ether oxygens (including phenoxy) is 1. The number of methoxy groups -OCH3 is 1. The zero-order valence-corrected chi connectivity index (χ0v) is 16.7. The lowest BCUT2D eigenvalue weighted by Crippen LogP contribution is -2.50. The molecule has 6 nitrogen and oxygen atoms in total. The molecule has 0 spiro atoms. The van der Waals surface area contributed by atoms with Crippen LogP contribution < -0.4 is 15.4 Å². The van der Waals surface area contributed by atoms with Crippen molar-refractivity contribution in [3.05, 3.63) is 42.0 Å². The maximum Gasteiger partial charge on any atom is 0.315 e. The quantitative estimate of drug-likeness (QED) is 0.785. The van der Waals surface area contributed by atoms with Crippen molar-refractivity contribution in [2.75, 3.05) is 21.2 Å². The second kappa shape index (κ2) is 9.26. The van der Waals surface area contributed by atoms with Crippen LogP contribution in [-0.4, -0.2) is 44.1 Å². The van der Waals surface area contributed by atoms with Gasteiger partial charge < -0.3 is 20.3 Å². The van der Waals surface area contributed by atoms with Gasteiger partial charge in [0.2, 0.25) is 5.91 Å². The molecule has 2 rings (SSSR count). The lowest BCUT2D eigenvalue weighted by Gasteiger charge is -2.23. The Kier molecular flexibility index (Phi) is 7.05. The summed E-state index contributed by atoms with van der Waals surface area (Å²) in [7, 11) is 5.03. The van der Waals surface area contributed by atoms with Crippen molar-refractivity contribution < 1.29 is 14.3 Å². The molecule has 2 aromatic carbocycles. The normalized spacial score (nSPS) is 11.9. The summed E-state index contributed by atoms with van der Waals surface area (Å²) in [5.74, 6) is 1.02. The van der Waals surface area contributed by atoms with Gasteiger partial charge in [0.15, 0.2) is 0 Å². The molecule has 6 heteroatoms. The molecule has 0 bridgehead atoms. The highest BCUT2D eigenvalue weighted by molar-refractivity contribution is 5.87. The van der Waals surface area contributed by atoms with Gasteiger partial charge in [0, 0.05) is 20.6 Å². The molecule has 0 saturated carbocycles. The molecule has 1 atom stereocenters. The van der Waals surface area contributed by atoms with Crippen LogP contribution in [0.1, 0.15) is 25.8 Å². The standard InChI is InChI=1S/C21H29N3O3/c1-14(2)10-19(20(25)24(3)4)23-21(26)22-13-15-6-7-17-12-18(27-5)9-8-16(17)11-15/h6-9,11-12,14,19H,10,13H2,1-5H3,(H2,22,23,26)/t19-/m1/s1. The van der Waals surface area contributed by atoms with E-state index in [1.54, 1.807) is 21.2 Å². The summed E-state index contributed by atoms with van der Waals surface area (Å²) < 4.78 is 5.24. The molecule has 146 valence electrons. The molecule has 2 aromatic rings. The number of nitrogens with zero attached hydrogens (tertiary/aromatic N) is 1. The minimum absolute atomic E-state index is 0.0986. The molecule has 3 amide bonds. The van der Waals surface area contributed by atoms with Crippen molar-refractivity contribution in [2.45, 2.75) is 32.9 Å². The molecule has 0 saturated heterocycles. The Morgan fingerprint density at radius 2 is 1.74 bits per heavy atom. The van der Waals surface area contributed by atoms with Crippen LogP contribution in [0, 0.1) is 5.92 Å². The molecule has 0 aromatic heterocycles. The Labute approximate surface area is 160 Å². The minimum atomic E-state index is -0.524. The Morgan fingerprint density at radius 1 is 1.07 bits per heavy atom. The summed E-state index contributed by atoms with van der Waals surface area (Å²) in [4.78, 5) is 26.0. The lowest BCUT2D eigenvalue weighted by atomic mass is 10.0. The molecular weight excluding hydrogens is 342 g/mol. The van der Waals surface area contributed by atoms with E-state index >= 15 is 0 Å². The summed E-state index contributed by atoms with van der Waals surface area (Å²) in [6, 6.07) is 11.0. The molecule has 0 aliphatic rings. The van der Waals surface area contributed by atoms with Gasteiger partial charge in [-0.25, -0.2) is 4.79 Å². The van der Waals surface area contributed by atoms with Crippen LogP contribution in [-0.2, 0) is 11.3 Å². The fourth-order valence-corrected chi connectivity index (χ4v) is 2.91. The minimum Gasteiger partial charge on any atom is -0.497 e. The smallest absolute Gasteiger partial charge is 0.315 e. The Balaban J connectivity index is 1.99. The van der Waals surface area contributed by atoms with E-state index in [1.807, 2.05) is 50.2 Å². The lowest BCUT2D eigenvalue weighted by molar-refractivity contribution is -0.131. The average molecular weight is 371 g/mol.